The van der Waals surface area contributed by atoms with E-state index < -0.39 is 41.7 Å². The molecule has 1 saturated heterocycles. The Kier molecular flexibility index (Phi) is 7.48. The fourth-order valence-electron chi connectivity index (χ4n) is 5.02. The van der Waals surface area contributed by atoms with Gasteiger partial charge in [-0.05, 0) is 62.2 Å². The zero-order valence-corrected chi connectivity index (χ0v) is 22.6. The number of carbonyl (C=O) groups excluding carboxylic acids is 1. The van der Waals surface area contributed by atoms with Gasteiger partial charge in [0.1, 0.15) is 35.3 Å². The van der Waals surface area contributed by atoms with Crippen LogP contribution in [0.25, 0.3) is 22.1 Å². The van der Waals surface area contributed by atoms with Crippen LogP contribution in [0.3, 0.4) is 0 Å². The molecule has 3 N–H and O–H groups in total. The van der Waals surface area contributed by atoms with E-state index in [1.165, 1.54) is 7.11 Å². The minimum Gasteiger partial charge on any atom is -0.462 e. The first-order valence-corrected chi connectivity index (χ1v) is 12.9. The number of anilines is 1. The van der Waals surface area contributed by atoms with E-state index in [-0.39, 0.29) is 11.3 Å². The molecule has 0 radical (unpaired) electrons. The van der Waals surface area contributed by atoms with Crippen LogP contribution < -0.4 is 15.7 Å². The molecule has 40 heavy (non-hydrogen) atoms. The van der Waals surface area contributed by atoms with E-state index in [1.807, 2.05) is 36.4 Å². The summed E-state index contributed by atoms with van der Waals surface area (Å²) in [6, 6.07) is 21.7. The number of ether oxygens (including phenoxy) is 3. The summed E-state index contributed by atoms with van der Waals surface area (Å²) in [5.41, 5.74) is 1.31. The van der Waals surface area contributed by atoms with Gasteiger partial charge in [-0.25, -0.2) is 4.79 Å². The van der Waals surface area contributed by atoms with Crippen molar-refractivity contribution < 1.29 is 33.6 Å². The van der Waals surface area contributed by atoms with Crippen molar-refractivity contribution in [2.45, 2.75) is 51.0 Å². The van der Waals surface area contributed by atoms with E-state index >= 15 is 0 Å². The van der Waals surface area contributed by atoms with Crippen molar-refractivity contribution in [3.63, 3.8) is 0 Å². The lowest BCUT2D eigenvalue weighted by molar-refractivity contribution is -0.306. The van der Waals surface area contributed by atoms with Crippen LogP contribution >= 0.6 is 0 Å². The van der Waals surface area contributed by atoms with Gasteiger partial charge in [-0.3, -0.25) is 4.79 Å². The first kappa shape index (κ1) is 27.5. The second kappa shape index (κ2) is 10.9. The van der Waals surface area contributed by atoms with Crippen LogP contribution in [-0.2, 0) is 9.47 Å². The maximum atomic E-state index is 13.0. The summed E-state index contributed by atoms with van der Waals surface area (Å²) in [5.74, 6) is -0.145. The number of amides is 1. The fraction of sp³-hybridized carbons (Fsp3) is 0.290. The Bertz CT molecular complexity index is 1600. The summed E-state index contributed by atoms with van der Waals surface area (Å²) in [7, 11) is 1.43. The SMILES string of the molecule is CO[C@@H]1[C@@H](O)[C@@H](O)[C@H](Oc2ccc3cc(NC(=O)c4cccc(-c5ccccc5)c4)c(=O)oc3c2C)OC1(C)C. The van der Waals surface area contributed by atoms with Crippen LogP contribution in [0.4, 0.5) is 5.69 Å². The van der Waals surface area contributed by atoms with E-state index in [0.29, 0.717) is 22.3 Å². The number of methoxy groups -OCH3 is 1. The van der Waals surface area contributed by atoms with E-state index in [1.54, 1.807) is 57.2 Å². The number of rotatable bonds is 6. The van der Waals surface area contributed by atoms with Crippen molar-refractivity contribution >= 4 is 22.6 Å². The smallest absolute Gasteiger partial charge is 0.360 e. The number of aliphatic hydroxyl groups is 2. The maximum absolute atomic E-state index is 13.0. The summed E-state index contributed by atoms with van der Waals surface area (Å²) in [5, 5.41) is 24.3. The van der Waals surface area contributed by atoms with Gasteiger partial charge in [-0.2, -0.15) is 0 Å². The highest BCUT2D eigenvalue weighted by atomic mass is 16.7. The summed E-state index contributed by atoms with van der Waals surface area (Å²) in [6.45, 7) is 5.15. The van der Waals surface area contributed by atoms with Crippen molar-refractivity contribution in [1.29, 1.82) is 0 Å². The standard InChI is InChI=1S/C31H31NO8/c1-17-23(38-30-25(34)24(33)27(37-4)31(2,3)40-30)14-13-20-16-22(29(36)39-26(17)20)32-28(35)21-12-8-11-19(15-21)18-9-6-5-7-10-18/h5-16,24-25,27,30,33-34H,1-4H3,(H,32,35)/t24-,25+,27+,30+/m0/s1. The molecular weight excluding hydrogens is 514 g/mol. The minimum absolute atomic E-state index is 0.00259. The Hall–Kier alpha value is -4.02. The number of aryl methyl sites for hydroxylation is 1. The maximum Gasteiger partial charge on any atom is 0.360 e. The molecule has 2 heterocycles. The number of nitrogens with one attached hydrogen (secondary N) is 1. The van der Waals surface area contributed by atoms with Crippen molar-refractivity contribution in [2.75, 3.05) is 12.4 Å². The molecule has 1 amide bonds. The molecule has 208 valence electrons. The van der Waals surface area contributed by atoms with Gasteiger partial charge in [0.2, 0.25) is 6.29 Å². The molecule has 4 atom stereocenters. The Morgan fingerprint density at radius 1 is 0.950 bits per heavy atom. The first-order valence-electron chi connectivity index (χ1n) is 12.9. The van der Waals surface area contributed by atoms with Crippen molar-refractivity contribution in [3.8, 4) is 16.9 Å². The predicted molar refractivity (Wildman–Crippen MR) is 149 cm³/mol. The average molecular weight is 546 g/mol. The van der Waals surface area contributed by atoms with Gasteiger partial charge in [0, 0.05) is 23.6 Å². The third-order valence-corrected chi connectivity index (χ3v) is 7.12. The highest BCUT2D eigenvalue weighted by Crippen LogP contribution is 2.35. The van der Waals surface area contributed by atoms with Crippen LogP contribution in [0.1, 0.15) is 29.8 Å². The molecule has 1 aliphatic heterocycles. The molecule has 1 aromatic heterocycles. The van der Waals surface area contributed by atoms with E-state index in [2.05, 4.69) is 5.32 Å². The molecule has 0 bridgehead atoms. The summed E-state index contributed by atoms with van der Waals surface area (Å²) < 4.78 is 22.7. The second-order valence-electron chi connectivity index (χ2n) is 10.3. The lowest BCUT2D eigenvalue weighted by atomic mass is 9.89. The first-order chi connectivity index (χ1) is 19.1. The monoisotopic (exact) mass is 545 g/mol. The Morgan fingerprint density at radius 2 is 1.68 bits per heavy atom. The highest BCUT2D eigenvalue weighted by molar-refractivity contribution is 6.05. The largest absolute Gasteiger partial charge is 0.462 e. The van der Waals surface area contributed by atoms with Gasteiger partial charge in [0.05, 0.1) is 5.60 Å². The predicted octanol–water partition coefficient (Wildman–Crippen LogP) is 4.27. The van der Waals surface area contributed by atoms with Crippen LogP contribution in [0.15, 0.2) is 82.0 Å². The van der Waals surface area contributed by atoms with Crippen molar-refractivity contribution in [2.24, 2.45) is 0 Å². The number of carbonyl (C=O) groups is 1. The highest BCUT2D eigenvalue weighted by Gasteiger charge is 2.50. The molecule has 9 nitrogen and oxygen atoms in total. The molecule has 0 unspecified atom stereocenters. The van der Waals surface area contributed by atoms with Gasteiger partial charge < -0.3 is 34.2 Å². The Balaban J connectivity index is 1.38. The van der Waals surface area contributed by atoms with E-state index in [0.717, 1.165) is 11.1 Å². The van der Waals surface area contributed by atoms with Crippen LogP contribution in [0.5, 0.6) is 5.75 Å². The molecule has 1 aliphatic rings. The summed E-state index contributed by atoms with van der Waals surface area (Å²) in [6.07, 6.45) is -4.56. The van der Waals surface area contributed by atoms with Gasteiger partial charge in [-0.1, -0.05) is 42.5 Å². The summed E-state index contributed by atoms with van der Waals surface area (Å²) in [4.78, 5) is 25.9. The molecule has 0 aliphatic carbocycles. The van der Waals surface area contributed by atoms with Gasteiger partial charge in [-0.15, -0.1) is 0 Å². The molecule has 4 aromatic rings. The van der Waals surface area contributed by atoms with E-state index in [9.17, 15) is 19.8 Å². The number of hydrogen-bond acceptors (Lipinski definition) is 8. The normalized spacial score (nSPS) is 22.1. The molecule has 5 rings (SSSR count). The minimum atomic E-state index is -1.38. The molecule has 9 heteroatoms. The molecule has 0 saturated carbocycles. The average Bonchev–Trinajstić information content (AvgIpc) is 2.94. The van der Waals surface area contributed by atoms with Crippen molar-refractivity contribution in [3.05, 3.63) is 94.3 Å². The van der Waals surface area contributed by atoms with Gasteiger partial charge >= 0.3 is 5.63 Å². The van der Waals surface area contributed by atoms with Gasteiger partial charge in [0.25, 0.3) is 5.91 Å². The number of benzene rings is 3. The quantitative estimate of drug-likeness (QED) is 0.307. The molecular formula is C31H31NO8. The second-order valence-corrected chi connectivity index (χ2v) is 10.3. The summed E-state index contributed by atoms with van der Waals surface area (Å²) >= 11 is 0. The van der Waals surface area contributed by atoms with Crippen LogP contribution in [-0.4, -0.2) is 53.4 Å². The van der Waals surface area contributed by atoms with Crippen molar-refractivity contribution in [1.82, 2.24) is 0 Å². The third kappa shape index (κ3) is 5.24. The fourth-order valence-corrected chi connectivity index (χ4v) is 5.02. The van der Waals surface area contributed by atoms with E-state index in [4.69, 9.17) is 18.6 Å². The van der Waals surface area contributed by atoms with Crippen LogP contribution in [0.2, 0.25) is 0 Å². The Morgan fingerprint density at radius 3 is 2.40 bits per heavy atom. The zero-order chi connectivity index (χ0) is 28.6. The lowest BCUT2D eigenvalue weighted by Crippen LogP contribution is -2.63. The Labute approximate surface area is 230 Å². The topological polar surface area (TPSA) is 127 Å². The number of aliphatic hydroxyl groups excluding tert-OH is 2. The van der Waals surface area contributed by atoms with Crippen LogP contribution in [0, 0.1) is 6.92 Å². The third-order valence-electron chi connectivity index (χ3n) is 7.12. The zero-order valence-electron chi connectivity index (χ0n) is 22.6. The lowest BCUT2D eigenvalue weighted by Gasteiger charge is -2.46. The van der Waals surface area contributed by atoms with Gasteiger partial charge in [0.15, 0.2) is 0 Å². The number of hydrogen-bond donors (Lipinski definition) is 3. The molecule has 1 fully saturated rings. The molecule has 0 spiro atoms. The molecule has 3 aromatic carbocycles. The number of fused-ring (bicyclic) bond motifs is 1.